The minimum Gasteiger partial charge on any atom is -0.381 e. The lowest BCUT2D eigenvalue weighted by atomic mass is 9.85. The van der Waals surface area contributed by atoms with Gasteiger partial charge in [0.25, 0.3) is 0 Å². The zero-order chi connectivity index (χ0) is 10.9. The first-order chi connectivity index (χ1) is 7.34. The van der Waals surface area contributed by atoms with Gasteiger partial charge in [0.05, 0.1) is 6.61 Å². The number of ether oxygens (including phenoxy) is 1. The number of Topliss-reactive ketones (excluding diaryl/α,β-unsaturated/α-hetero) is 1. The Morgan fingerprint density at radius 1 is 1.20 bits per heavy atom. The van der Waals surface area contributed by atoms with Gasteiger partial charge in [0, 0.05) is 18.9 Å². The molecular weight excluding hydrogens is 188 g/mol. The number of hydrogen-bond donors (Lipinski definition) is 0. The molecule has 1 unspecified atom stereocenters. The number of ketones is 1. The Labute approximate surface area is 93.4 Å². The van der Waals surface area contributed by atoms with Gasteiger partial charge in [-0.25, -0.2) is 0 Å². The van der Waals surface area contributed by atoms with Crippen LogP contribution in [0.5, 0.6) is 0 Å². The van der Waals surface area contributed by atoms with Crippen LogP contribution in [0.1, 0.15) is 58.3 Å². The van der Waals surface area contributed by atoms with Gasteiger partial charge in [-0.3, -0.25) is 4.79 Å². The quantitative estimate of drug-likeness (QED) is 0.548. The molecule has 0 bridgehead atoms. The van der Waals surface area contributed by atoms with Crippen molar-refractivity contribution in [3.63, 3.8) is 0 Å². The SMILES string of the molecule is CCCCCCCCOCC1CCC1=O. The standard InChI is InChI=1S/C13H24O2/c1-2-3-4-5-6-7-10-15-11-12-8-9-13(12)14/h12H,2-11H2,1H3. The highest BCUT2D eigenvalue weighted by Gasteiger charge is 2.27. The van der Waals surface area contributed by atoms with Crippen LogP contribution in [0.4, 0.5) is 0 Å². The van der Waals surface area contributed by atoms with Crippen LogP contribution >= 0.6 is 0 Å². The van der Waals surface area contributed by atoms with Crippen LogP contribution in [0.3, 0.4) is 0 Å². The van der Waals surface area contributed by atoms with Gasteiger partial charge in [-0.15, -0.1) is 0 Å². The predicted molar refractivity (Wildman–Crippen MR) is 61.9 cm³/mol. The molecule has 0 aliphatic heterocycles. The lowest BCUT2D eigenvalue weighted by Gasteiger charge is -2.23. The molecular formula is C13H24O2. The van der Waals surface area contributed by atoms with Gasteiger partial charge in [-0.2, -0.15) is 0 Å². The van der Waals surface area contributed by atoms with Crippen LogP contribution < -0.4 is 0 Å². The molecule has 1 aliphatic carbocycles. The summed E-state index contributed by atoms with van der Waals surface area (Å²) in [7, 11) is 0. The third-order valence-corrected chi connectivity index (χ3v) is 3.16. The predicted octanol–water partition coefficient (Wildman–Crippen LogP) is 3.34. The van der Waals surface area contributed by atoms with Crippen molar-refractivity contribution >= 4 is 5.78 Å². The first-order valence-electron chi connectivity index (χ1n) is 6.45. The first-order valence-corrected chi connectivity index (χ1v) is 6.45. The fraction of sp³-hybridized carbons (Fsp3) is 0.923. The Kier molecular flexibility index (Phi) is 6.66. The summed E-state index contributed by atoms with van der Waals surface area (Å²) < 4.78 is 5.49. The maximum atomic E-state index is 11.0. The Morgan fingerprint density at radius 2 is 1.93 bits per heavy atom. The van der Waals surface area contributed by atoms with E-state index in [1.54, 1.807) is 0 Å². The summed E-state index contributed by atoms with van der Waals surface area (Å²) in [6.07, 6.45) is 9.62. The molecule has 1 aliphatic rings. The molecule has 1 fully saturated rings. The van der Waals surface area contributed by atoms with Gasteiger partial charge >= 0.3 is 0 Å². The number of rotatable bonds is 9. The highest BCUT2D eigenvalue weighted by molar-refractivity contribution is 5.86. The minimum absolute atomic E-state index is 0.241. The summed E-state index contributed by atoms with van der Waals surface area (Å²) in [5, 5.41) is 0. The van der Waals surface area contributed by atoms with E-state index in [2.05, 4.69) is 6.92 Å². The van der Waals surface area contributed by atoms with Gasteiger partial charge in [0.2, 0.25) is 0 Å². The van der Waals surface area contributed by atoms with Crippen molar-refractivity contribution in [3.05, 3.63) is 0 Å². The molecule has 0 spiro atoms. The highest BCUT2D eigenvalue weighted by atomic mass is 16.5. The Hall–Kier alpha value is -0.370. The second kappa shape index (κ2) is 7.86. The average molecular weight is 212 g/mol. The molecule has 1 rings (SSSR count). The van der Waals surface area contributed by atoms with Gasteiger partial charge in [0.15, 0.2) is 0 Å². The molecule has 0 aromatic rings. The molecule has 1 saturated carbocycles. The molecule has 88 valence electrons. The monoisotopic (exact) mass is 212 g/mol. The normalized spacial score (nSPS) is 20.3. The van der Waals surface area contributed by atoms with E-state index in [1.165, 1.54) is 32.1 Å². The highest BCUT2D eigenvalue weighted by Crippen LogP contribution is 2.22. The lowest BCUT2D eigenvalue weighted by molar-refractivity contribution is -0.131. The fourth-order valence-corrected chi connectivity index (χ4v) is 1.85. The summed E-state index contributed by atoms with van der Waals surface area (Å²) in [5.41, 5.74) is 0. The lowest BCUT2D eigenvalue weighted by Crippen LogP contribution is -2.29. The largest absolute Gasteiger partial charge is 0.381 e. The molecule has 15 heavy (non-hydrogen) atoms. The number of hydrogen-bond acceptors (Lipinski definition) is 2. The molecule has 0 N–H and O–H groups in total. The zero-order valence-electron chi connectivity index (χ0n) is 9.96. The molecule has 0 amide bonds. The van der Waals surface area contributed by atoms with E-state index in [9.17, 15) is 4.79 Å². The maximum absolute atomic E-state index is 11.0. The van der Waals surface area contributed by atoms with Crippen molar-refractivity contribution in [2.24, 2.45) is 5.92 Å². The third kappa shape index (κ3) is 5.31. The number of carbonyl (C=O) groups excluding carboxylic acids is 1. The minimum atomic E-state index is 0.241. The Balaban J connectivity index is 1.75. The average Bonchev–Trinajstić information content (AvgIpc) is 2.25. The van der Waals surface area contributed by atoms with E-state index in [4.69, 9.17) is 4.74 Å². The summed E-state index contributed by atoms with van der Waals surface area (Å²) >= 11 is 0. The smallest absolute Gasteiger partial charge is 0.138 e. The van der Waals surface area contributed by atoms with Crippen molar-refractivity contribution in [1.82, 2.24) is 0 Å². The Morgan fingerprint density at radius 3 is 2.53 bits per heavy atom. The van der Waals surface area contributed by atoms with Crippen molar-refractivity contribution in [2.45, 2.75) is 58.3 Å². The van der Waals surface area contributed by atoms with E-state index in [0.717, 1.165) is 25.9 Å². The Bertz CT molecular complexity index is 177. The van der Waals surface area contributed by atoms with Crippen molar-refractivity contribution in [2.75, 3.05) is 13.2 Å². The molecule has 2 heteroatoms. The van der Waals surface area contributed by atoms with Gasteiger partial charge in [-0.1, -0.05) is 39.0 Å². The van der Waals surface area contributed by atoms with Crippen LogP contribution in [0.15, 0.2) is 0 Å². The second-order valence-electron chi connectivity index (χ2n) is 4.54. The van der Waals surface area contributed by atoms with E-state index in [-0.39, 0.29) is 5.92 Å². The van der Waals surface area contributed by atoms with E-state index in [1.807, 2.05) is 0 Å². The van der Waals surface area contributed by atoms with Crippen molar-refractivity contribution in [1.29, 1.82) is 0 Å². The topological polar surface area (TPSA) is 26.3 Å². The van der Waals surface area contributed by atoms with Crippen LogP contribution in [0.25, 0.3) is 0 Å². The summed E-state index contributed by atoms with van der Waals surface area (Å²) in [6, 6.07) is 0. The van der Waals surface area contributed by atoms with Crippen LogP contribution in [-0.4, -0.2) is 19.0 Å². The van der Waals surface area contributed by atoms with Gasteiger partial charge in [0.1, 0.15) is 5.78 Å². The van der Waals surface area contributed by atoms with Crippen LogP contribution in [0, 0.1) is 5.92 Å². The molecule has 0 radical (unpaired) electrons. The molecule has 0 aromatic carbocycles. The van der Waals surface area contributed by atoms with Crippen LogP contribution in [0.2, 0.25) is 0 Å². The van der Waals surface area contributed by atoms with E-state index in [0.29, 0.717) is 12.4 Å². The molecule has 1 atom stereocenters. The van der Waals surface area contributed by atoms with Gasteiger partial charge in [-0.05, 0) is 12.8 Å². The van der Waals surface area contributed by atoms with E-state index < -0.39 is 0 Å². The van der Waals surface area contributed by atoms with Crippen molar-refractivity contribution in [3.8, 4) is 0 Å². The summed E-state index contributed by atoms with van der Waals surface area (Å²) in [6.45, 7) is 3.75. The number of unbranched alkanes of at least 4 members (excludes halogenated alkanes) is 5. The molecule has 0 heterocycles. The third-order valence-electron chi connectivity index (χ3n) is 3.16. The zero-order valence-corrected chi connectivity index (χ0v) is 9.96. The van der Waals surface area contributed by atoms with Crippen molar-refractivity contribution < 1.29 is 9.53 Å². The molecule has 0 aromatic heterocycles. The first kappa shape index (κ1) is 12.7. The summed E-state index contributed by atoms with van der Waals surface area (Å²) in [5.74, 6) is 0.642. The molecule has 2 nitrogen and oxygen atoms in total. The van der Waals surface area contributed by atoms with E-state index >= 15 is 0 Å². The fourth-order valence-electron chi connectivity index (χ4n) is 1.85. The van der Waals surface area contributed by atoms with Crippen LogP contribution in [-0.2, 0) is 9.53 Å². The van der Waals surface area contributed by atoms with Gasteiger partial charge < -0.3 is 4.74 Å². The maximum Gasteiger partial charge on any atom is 0.138 e. The molecule has 0 saturated heterocycles. The number of carbonyl (C=O) groups is 1. The second-order valence-corrected chi connectivity index (χ2v) is 4.54. The summed E-state index contributed by atoms with van der Waals surface area (Å²) in [4.78, 5) is 11.0.